The van der Waals surface area contributed by atoms with Crippen LogP contribution in [0.3, 0.4) is 0 Å². The maximum atomic E-state index is 14.7. The summed E-state index contributed by atoms with van der Waals surface area (Å²) >= 11 is 5.89. The molecule has 2 N–H and O–H groups in total. The van der Waals surface area contributed by atoms with Gasteiger partial charge < -0.3 is 29.2 Å². The molecule has 1 aliphatic heterocycles. The van der Waals surface area contributed by atoms with E-state index in [2.05, 4.69) is 12.6 Å². The second kappa shape index (κ2) is 10.9. The molecule has 2 saturated carbocycles. The molecule has 9 nitrogen and oxygen atoms in total. The van der Waals surface area contributed by atoms with Crippen LogP contribution in [0.25, 0.3) is 0 Å². The lowest BCUT2D eigenvalue weighted by molar-refractivity contribution is -0.347. The van der Waals surface area contributed by atoms with Crippen molar-refractivity contribution < 1.29 is 43.5 Å². The lowest BCUT2D eigenvalue weighted by Gasteiger charge is -2.67. The Bertz CT molecular complexity index is 1300. The Kier molecular flexibility index (Phi) is 8.20. The Morgan fingerprint density at radius 2 is 1.86 bits per heavy atom. The number of Topliss-reactive ketones (excluding diaryl/α,β-unsaturated/α-hetero) is 1. The minimum absolute atomic E-state index is 0.0511. The average Bonchev–Trinajstić information content (AvgIpc) is 2.93. The molecule has 0 amide bonds. The highest BCUT2D eigenvalue weighted by molar-refractivity contribution is 8.09. The van der Waals surface area contributed by atoms with Crippen LogP contribution in [0.5, 0.6) is 0 Å². The highest BCUT2D eigenvalue weighted by Gasteiger charge is 2.77. The molecule has 0 spiro atoms. The van der Waals surface area contributed by atoms with Crippen LogP contribution in [0, 0.1) is 16.7 Å². The van der Waals surface area contributed by atoms with E-state index in [1.807, 2.05) is 6.26 Å². The first-order chi connectivity index (χ1) is 19.6. The van der Waals surface area contributed by atoms with Crippen molar-refractivity contribution in [2.24, 2.45) is 16.7 Å². The topological polar surface area (TPSA) is 129 Å². The van der Waals surface area contributed by atoms with E-state index in [1.54, 1.807) is 58.0 Å². The molecular formula is C31H40O9S2. The van der Waals surface area contributed by atoms with Crippen molar-refractivity contribution in [1.82, 2.24) is 0 Å². The van der Waals surface area contributed by atoms with E-state index >= 15 is 0 Å². The molecule has 1 aromatic carbocycles. The summed E-state index contributed by atoms with van der Waals surface area (Å²) in [5.41, 5.74) is -4.33. The summed E-state index contributed by atoms with van der Waals surface area (Å²) < 4.78 is 24.2. The number of ether oxygens (including phenoxy) is 4. The van der Waals surface area contributed by atoms with Crippen LogP contribution in [0.15, 0.2) is 41.5 Å². The predicted octanol–water partition coefficient (Wildman–Crippen LogP) is 3.71. The summed E-state index contributed by atoms with van der Waals surface area (Å²) in [4.78, 5) is 41.2. The van der Waals surface area contributed by atoms with E-state index in [-0.39, 0.29) is 37.2 Å². The van der Waals surface area contributed by atoms with E-state index < -0.39 is 69.1 Å². The van der Waals surface area contributed by atoms with Gasteiger partial charge in [-0.05, 0) is 37.8 Å². The third-order valence-electron chi connectivity index (χ3n) is 10.4. The van der Waals surface area contributed by atoms with Gasteiger partial charge in [-0.15, -0.1) is 24.4 Å². The van der Waals surface area contributed by atoms with Gasteiger partial charge in [-0.2, -0.15) is 0 Å². The van der Waals surface area contributed by atoms with Crippen LogP contribution in [-0.4, -0.2) is 81.2 Å². The van der Waals surface area contributed by atoms with Gasteiger partial charge in [-0.3, -0.25) is 9.59 Å². The lowest BCUT2D eigenvalue weighted by atomic mass is 9.45. The van der Waals surface area contributed by atoms with Crippen molar-refractivity contribution in [2.45, 2.75) is 94.3 Å². The molecule has 2 bridgehead atoms. The van der Waals surface area contributed by atoms with Gasteiger partial charge in [0, 0.05) is 31.6 Å². The van der Waals surface area contributed by atoms with Gasteiger partial charge in [0.2, 0.25) is 0 Å². The van der Waals surface area contributed by atoms with Gasteiger partial charge >= 0.3 is 11.9 Å². The van der Waals surface area contributed by atoms with Crippen molar-refractivity contribution in [3.63, 3.8) is 0 Å². The normalized spacial score (nSPS) is 39.5. The lowest BCUT2D eigenvalue weighted by Crippen LogP contribution is -2.81. The molecule has 4 aliphatic rings. The summed E-state index contributed by atoms with van der Waals surface area (Å²) in [5, 5.41) is 24.1. The van der Waals surface area contributed by atoms with Crippen molar-refractivity contribution in [2.75, 3.05) is 12.9 Å². The molecule has 0 aromatic heterocycles. The van der Waals surface area contributed by atoms with Crippen LogP contribution in [0.1, 0.15) is 64.2 Å². The first-order valence-electron chi connectivity index (χ1n) is 14.2. The Morgan fingerprint density at radius 3 is 2.43 bits per heavy atom. The summed E-state index contributed by atoms with van der Waals surface area (Å²) in [7, 11) is 0. The second-order valence-electron chi connectivity index (χ2n) is 12.7. The van der Waals surface area contributed by atoms with Gasteiger partial charge in [0.05, 0.1) is 35.7 Å². The fourth-order valence-electron chi connectivity index (χ4n) is 7.85. The largest absolute Gasteiger partial charge is 0.455 e. The number of fused-ring (bicyclic) bond motifs is 5. The van der Waals surface area contributed by atoms with Gasteiger partial charge in [-0.1, -0.05) is 37.6 Å². The maximum absolute atomic E-state index is 14.7. The standard InChI is InChI=1S/C31H40O9S2/c1-16-19-12-21(34)29(5)22(38-27(41)42-6)13-23-30(15-37-23,40-17(2)32)24(29)25(31(36,14-20(16)33)28(19,3)4)39-26(35)18-10-8-7-9-11-18/h7-11,20,22-25,27,33,36,41H,12-15H2,1-6H3/t20-,22-,23+,24?,25-,27?,29+,30-,31+/m0/s1. The van der Waals surface area contributed by atoms with Crippen molar-refractivity contribution in [3.05, 3.63) is 47.0 Å². The number of benzene rings is 1. The van der Waals surface area contributed by atoms with Crippen LogP contribution >= 0.6 is 24.4 Å². The first-order valence-corrected chi connectivity index (χ1v) is 16.0. The molecule has 1 aromatic rings. The molecule has 1 heterocycles. The zero-order chi connectivity index (χ0) is 30.8. The number of aliphatic hydroxyl groups excluding tert-OH is 1. The van der Waals surface area contributed by atoms with Crippen LogP contribution in [-0.2, 0) is 28.5 Å². The molecule has 11 heteroatoms. The number of aliphatic hydroxyl groups is 2. The molecule has 0 radical (unpaired) electrons. The van der Waals surface area contributed by atoms with Crippen molar-refractivity contribution in [1.29, 1.82) is 0 Å². The first kappa shape index (κ1) is 31.5. The van der Waals surface area contributed by atoms with E-state index in [0.29, 0.717) is 11.1 Å². The summed E-state index contributed by atoms with van der Waals surface area (Å²) in [5.74, 6) is -2.60. The Morgan fingerprint density at radius 1 is 1.19 bits per heavy atom. The molecule has 5 rings (SSSR count). The molecule has 1 saturated heterocycles. The monoisotopic (exact) mass is 620 g/mol. The molecule has 9 atom stereocenters. The third kappa shape index (κ3) is 4.57. The molecule has 42 heavy (non-hydrogen) atoms. The van der Waals surface area contributed by atoms with Gasteiger partial charge in [-0.25, -0.2) is 4.79 Å². The summed E-state index contributed by atoms with van der Waals surface area (Å²) in [6.07, 6.45) is -2.11. The Labute approximate surface area is 256 Å². The van der Waals surface area contributed by atoms with Crippen LogP contribution in [0.4, 0.5) is 0 Å². The number of ketones is 1. The number of rotatable bonds is 6. The number of esters is 2. The quantitative estimate of drug-likeness (QED) is 0.187. The van der Waals surface area contributed by atoms with E-state index in [0.717, 1.165) is 0 Å². The fourth-order valence-corrected chi connectivity index (χ4v) is 8.25. The molecular weight excluding hydrogens is 580 g/mol. The van der Waals surface area contributed by atoms with Crippen LogP contribution in [0.2, 0.25) is 0 Å². The third-order valence-corrected chi connectivity index (χ3v) is 11.7. The minimum atomic E-state index is -1.87. The SMILES string of the molecule is CSC(S)O[C@H]1C[C@H]2OC[C@@]2(OC(C)=O)C2[C@H](OC(=O)c3ccccc3)[C@]3(O)C[C@H](O)C(C)=C(CC(=O)[C@@]21C)C3(C)C. The molecule has 2 unspecified atom stereocenters. The highest BCUT2D eigenvalue weighted by Crippen LogP contribution is 2.64. The highest BCUT2D eigenvalue weighted by atomic mass is 32.2. The van der Waals surface area contributed by atoms with Crippen molar-refractivity contribution in [3.8, 4) is 0 Å². The number of carbonyl (C=O) groups excluding carboxylic acids is 3. The maximum Gasteiger partial charge on any atom is 0.338 e. The van der Waals surface area contributed by atoms with E-state index in [1.165, 1.54) is 18.7 Å². The molecule has 3 fully saturated rings. The van der Waals surface area contributed by atoms with Crippen molar-refractivity contribution >= 4 is 42.1 Å². The van der Waals surface area contributed by atoms with Gasteiger partial charge in [0.25, 0.3) is 0 Å². The smallest absolute Gasteiger partial charge is 0.338 e. The molecule has 3 aliphatic carbocycles. The van der Waals surface area contributed by atoms with E-state index in [9.17, 15) is 24.6 Å². The fraction of sp³-hybridized carbons (Fsp3) is 0.645. The Hall–Kier alpha value is -1.89. The summed E-state index contributed by atoms with van der Waals surface area (Å²) in [6, 6.07) is 8.37. The summed E-state index contributed by atoms with van der Waals surface area (Å²) in [6.45, 7) is 8.36. The predicted molar refractivity (Wildman–Crippen MR) is 159 cm³/mol. The van der Waals surface area contributed by atoms with E-state index in [4.69, 9.17) is 18.9 Å². The number of thioether (sulfide) groups is 1. The minimum Gasteiger partial charge on any atom is -0.455 e. The number of carbonyl (C=O) groups is 3. The Balaban J connectivity index is 1.79. The number of hydrogen-bond donors (Lipinski definition) is 3. The zero-order valence-electron chi connectivity index (χ0n) is 24.8. The van der Waals surface area contributed by atoms with Gasteiger partial charge in [0.1, 0.15) is 28.4 Å². The average molecular weight is 621 g/mol. The second-order valence-corrected chi connectivity index (χ2v) is 14.5. The number of thiol groups is 1. The molecule has 230 valence electrons. The van der Waals surface area contributed by atoms with Gasteiger partial charge in [0.15, 0.2) is 5.60 Å². The van der Waals surface area contributed by atoms with Crippen LogP contribution < -0.4 is 0 Å². The number of hydrogen-bond acceptors (Lipinski definition) is 11. The zero-order valence-corrected chi connectivity index (χ0v) is 26.5.